The molecule has 1 fully saturated rings. The van der Waals surface area contributed by atoms with Gasteiger partial charge in [0.1, 0.15) is 0 Å². The van der Waals surface area contributed by atoms with Crippen LogP contribution in [0.25, 0.3) is 0 Å². The number of anilines is 3. The highest BCUT2D eigenvalue weighted by atomic mass is 79.9. The molecule has 26 heavy (non-hydrogen) atoms. The Bertz CT molecular complexity index is 875. The molecular weight excluding hydrogens is 392 g/mol. The maximum atomic E-state index is 4.62. The molecule has 0 amide bonds. The third-order valence-corrected chi connectivity index (χ3v) is 5.10. The van der Waals surface area contributed by atoms with Gasteiger partial charge < -0.3 is 10.6 Å². The summed E-state index contributed by atoms with van der Waals surface area (Å²) < 4.78 is 0.798. The lowest BCUT2D eigenvalue weighted by atomic mass is 10.1. The van der Waals surface area contributed by atoms with Crippen molar-refractivity contribution in [1.29, 1.82) is 0 Å². The standard InChI is InChI=1S/C19H21BrN6/c1-2-15(12-6-4-3-5-7-12)22-19-21-11-14(20)18(24-19)23-17-10-16(25-26-17)13-8-9-13/h3-7,10-11,13,15H,2,8-9H2,1H3,(H3,21,22,23,24,25,26)/t15-/m1/s1. The normalized spacial score (nSPS) is 14.8. The molecule has 134 valence electrons. The van der Waals surface area contributed by atoms with Gasteiger partial charge in [0, 0.05) is 23.9 Å². The molecule has 0 aliphatic heterocycles. The van der Waals surface area contributed by atoms with Crippen LogP contribution in [0.1, 0.15) is 49.4 Å². The molecule has 0 saturated heterocycles. The highest BCUT2D eigenvalue weighted by Crippen LogP contribution is 2.39. The van der Waals surface area contributed by atoms with Gasteiger partial charge in [-0.1, -0.05) is 37.3 Å². The van der Waals surface area contributed by atoms with Gasteiger partial charge >= 0.3 is 0 Å². The fourth-order valence-corrected chi connectivity index (χ4v) is 3.20. The van der Waals surface area contributed by atoms with Gasteiger partial charge in [0.2, 0.25) is 5.95 Å². The Morgan fingerprint density at radius 2 is 2.08 bits per heavy atom. The van der Waals surface area contributed by atoms with Crippen molar-refractivity contribution in [1.82, 2.24) is 20.2 Å². The van der Waals surface area contributed by atoms with Crippen molar-refractivity contribution in [3.63, 3.8) is 0 Å². The lowest BCUT2D eigenvalue weighted by molar-refractivity contribution is 0.738. The van der Waals surface area contributed by atoms with Crippen LogP contribution >= 0.6 is 15.9 Å². The number of benzene rings is 1. The highest BCUT2D eigenvalue weighted by molar-refractivity contribution is 9.10. The Morgan fingerprint density at radius 3 is 2.81 bits per heavy atom. The lowest BCUT2D eigenvalue weighted by Crippen LogP contribution is -2.12. The molecule has 1 saturated carbocycles. The van der Waals surface area contributed by atoms with Crippen molar-refractivity contribution >= 4 is 33.5 Å². The average molecular weight is 413 g/mol. The first kappa shape index (κ1) is 17.0. The number of H-pyrrole nitrogens is 1. The van der Waals surface area contributed by atoms with Crippen molar-refractivity contribution in [3.8, 4) is 0 Å². The molecule has 0 bridgehead atoms. The van der Waals surface area contributed by atoms with E-state index >= 15 is 0 Å². The molecule has 1 atom stereocenters. The molecule has 0 radical (unpaired) electrons. The van der Waals surface area contributed by atoms with Crippen LogP contribution in [-0.2, 0) is 0 Å². The van der Waals surface area contributed by atoms with E-state index < -0.39 is 0 Å². The summed E-state index contributed by atoms with van der Waals surface area (Å²) in [6.07, 6.45) is 5.18. The Kier molecular flexibility index (Phi) is 4.88. The summed E-state index contributed by atoms with van der Waals surface area (Å²) in [7, 11) is 0. The Morgan fingerprint density at radius 1 is 1.27 bits per heavy atom. The molecule has 3 aromatic rings. The number of hydrogen-bond acceptors (Lipinski definition) is 5. The molecule has 3 N–H and O–H groups in total. The highest BCUT2D eigenvalue weighted by Gasteiger charge is 2.25. The molecule has 0 unspecified atom stereocenters. The molecule has 1 aliphatic rings. The van der Waals surface area contributed by atoms with Crippen molar-refractivity contribution < 1.29 is 0 Å². The number of hydrogen-bond donors (Lipinski definition) is 3. The molecular formula is C19H21BrN6. The molecule has 7 heteroatoms. The molecule has 6 nitrogen and oxygen atoms in total. The summed E-state index contributed by atoms with van der Waals surface area (Å²) in [6, 6.07) is 12.6. The summed E-state index contributed by atoms with van der Waals surface area (Å²) in [5, 5.41) is 14.1. The summed E-state index contributed by atoms with van der Waals surface area (Å²) in [6.45, 7) is 2.14. The smallest absolute Gasteiger partial charge is 0.225 e. The number of nitrogens with one attached hydrogen (secondary N) is 3. The summed E-state index contributed by atoms with van der Waals surface area (Å²) in [4.78, 5) is 9.02. The minimum atomic E-state index is 0.164. The Balaban J connectivity index is 1.51. The third-order valence-electron chi connectivity index (χ3n) is 4.52. The van der Waals surface area contributed by atoms with E-state index in [0.717, 1.165) is 16.7 Å². The van der Waals surface area contributed by atoms with Gasteiger partial charge in [0.25, 0.3) is 0 Å². The third kappa shape index (κ3) is 3.88. The largest absolute Gasteiger partial charge is 0.347 e. The van der Waals surface area contributed by atoms with Crippen LogP contribution in [0.15, 0.2) is 47.1 Å². The molecule has 2 heterocycles. The molecule has 1 aromatic carbocycles. The van der Waals surface area contributed by atoms with Gasteiger partial charge in [-0.3, -0.25) is 5.10 Å². The van der Waals surface area contributed by atoms with E-state index in [1.54, 1.807) is 6.20 Å². The van der Waals surface area contributed by atoms with E-state index in [0.29, 0.717) is 17.7 Å². The first-order valence-corrected chi connectivity index (χ1v) is 9.68. The second-order valence-corrected chi connectivity index (χ2v) is 7.37. The fourth-order valence-electron chi connectivity index (χ4n) is 2.91. The van der Waals surface area contributed by atoms with Crippen LogP contribution in [-0.4, -0.2) is 20.2 Å². The van der Waals surface area contributed by atoms with E-state index in [1.807, 2.05) is 18.2 Å². The lowest BCUT2D eigenvalue weighted by Gasteiger charge is -2.18. The summed E-state index contributed by atoms with van der Waals surface area (Å²) in [5.74, 6) is 2.69. The number of aromatic nitrogens is 4. The van der Waals surface area contributed by atoms with Crippen LogP contribution < -0.4 is 10.6 Å². The van der Waals surface area contributed by atoms with Crippen LogP contribution in [0.4, 0.5) is 17.6 Å². The van der Waals surface area contributed by atoms with E-state index in [1.165, 1.54) is 24.1 Å². The van der Waals surface area contributed by atoms with Crippen LogP contribution in [0.2, 0.25) is 0 Å². The second-order valence-electron chi connectivity index (χ2n) is 6.51. The van der Waals surface area contributed by atoms with Gasteiger partial charge in [-0.15, -0.1) is 0 Å². The molecule has 1 aliphatic carbocycles. The summed E-state index contributed by atoms with van der Waals surface area (Å²) in [5.41, 5.74) is 2.41. The van der Waals surface area contributed by atoms with E-state index in [2.05, 4.69) is 71.9 Å². The predicted molar refractivity (Wildman–Crippen MR) is 107 cm³/mol. The Labute approximate surface area is 161 Å². The van der Waals surface area contributed by atoms with Gasteiger partial charge in [0.05, 0.1) is 10.5 Å². The minimum absolute atomic E-state index is 0.164. The van der Waals surface area contributed by atoms with Crippen molar-refractivity contribution in [2.24, 2.45) is 0 Å². The van der Waals surface area contributed by atoms with Crippen molar-refractivity contribution in [3.05, 3.63) is 58.3 Å². The molecule has 4 rings (SSSR count). The van der Waals surface area contributed by atoms with E-state index in [4.69, 9.17) is 0 Å². The van der Waals surface area contributed by atoms with Gasteiger partial charge in [-0.05, 0) is 40.8 Å². The van der Waals surface area contributed by atoms with Gasteiger partial charge in [-0.25, -0.2) is 4.98 Å². The maximum Gasteiger partial charge on any atom is 0.225 e. The van der Waals surface area contributed by atoms with Crippen molar-refractivity contribution in [2.45, 2.75) is 38.1 Å². The maximum absolute atomic E-state index is 4.62. The monoisotopic (exact) mass is 412 g/mol. The second kappa shape index (κ2) is 7.45. The van der Waals surface area contributed by atoms with Gasteiger partial charge in [-0.2, -0.15) is 10.1 Å². The number of nitrogens with zero attached hydrogens (tertiary/aromatic N) is 3. The average Bonchev–Trinajstić information content (AvgIpc) is 3.42. The number of halogens is 1. The number of aromatic amines is 1. The van der Waals surface area contributed by atoms with Crippen LogP contribution in [0.5, 0.6) is 0 Å². The fraction of sp³-hybridized carbons (Fsp3) is 0.316. The number of rotatable bonds is 7. The zero-order valence-corrected chi connectivity index (χ0v) is 16.1. The first-order valence-electron chi connectivity index (χ1n) is 8.89. The summed E-state index contributed by atoms with van der Waals surface area (Å²) >= 11 is 3.51. The zero-order chi connectivity index (χ0) is 17.9. The van der Waals surface area contributed by atoms with Crippen LogP contribution in [0, 0.1) is 0 Å². The quantitative estimate of drug-likeness (QED) is 0.500. The predicted octanol–water partition coefficient (Wildman–Crippen LogP) is 5.15. The minimum Gasteiger partial charge on any atom is -0.347 e. The van der Waals surface area contributed by atoms with E-state index in [9.17, 15) is 0 Å². The molecule has 2 aromatic heterocycles. The van der Waals surface area contributed by atoms with E-state index in [-0.39, 0.29) is 6.04 Å². The zero-order valence-electron chi connectivity index (χ0n) is 14.5. The molecule has 0 spiro atoms. The van der Waals surface area contributed by atoms with Crippen molar-refractivity contribution in [2.75, 3.05) is 10.6 Å². The first-order chi connectivity index (χ1) is 12.7. The van der Waals surface area contributed by atoms with Gasteiger partial charge in [0.15, 0.2) is 11.6 Å². The van der Waals surface area contributed by atoms with Crippen LogP contribution in [0.3, 0.4) is 0 Å². The topological polar surface area (TPSA) is 78.5 Å². The Hall–Kier alpha value is -2.41. The SMILES string of the molecule is CC[C@@H](Nc1ncc(Br)c(Nc2cc(C3CC3)[nH]n2)n1)c1ccccc1.